The Kier molecular flexibility index (Phi) is 4.28. The lowest BCUT2D eigenvalue weighted by molar-refractivity contribution is 0.0945. The van der Waals surface area contributed by atoms with Crippen LogP contribution in [0.2, 0.25) is 0 Å². The van der Waals surface area contributed by atoms with Crippen LogP contribution >= 0.6 is 0 Å². The molecule has 2 aromatic rings. The summed E-state index contributed by atoms with van der Waals surface area (Å²) in [6.07, 6.45) is 2.66. The van der Waals surface area contributed by atoms with Crippen LogP contribution in [-0.4, -0.2) is 39.0 Å². The molecule has 1 heterocycles. The predicted molar refractivity (Wildman–Crippen MR) is 70.7 cm³/mol. The molecule has 2 rings (SSSR count). The van der Waals surface area contributed by atoms with Crippen LogP contribution in [0.1, 0.15) is 23.1 Å². The van der Waals surface area contributed by atoms with Crippen LogP contribution in [0.3, 0.4) is 0 Å². The molecule has 104 valence electrons. The maximum absolute atomic E-state index is 11.5. The van der Waals surface area contributed by atoms with Gasteiger partial charge < -0.3 is 9.84 Å². The van der Waals surface area contributed by atoms with Gasteiger partial charge in [0.2, 0.25) is 5.82 Å². The van der Waals surface area contributed by atoms with E-state index in [-0.39, 0.29) is 11.6 Å². The van der Waals surface area contributed by atoms with Crippen LogP contribution in [0.15, 0.2) is 29.6 Å². The molecule has 0 aliphatic heterocycles. The van der Waals surface area contributed by atoms with Crippen LogP contribution < -0.4 is 10.2 Å². The molecule has 1 aromatic carbocycles. The van der Waals surface area contributed by atoms with Crippen molar-refractivity contribution in [2.24, 2.45) is 5.10 Å². The highest BCUT2D eigenvalue weighted by Crippen LogP contribution is 2.26. The number of carbonyl (C=O) groups excluding carboxylic acids is 1. The quantitative estimate of drug-likeness (QED) is 0.548. The van der Waals surface area contributed by atoms with Crippen molar-refractivity contribution in [1.29, 1.82) is 0 Å². The van der Waals surface area contributed by atoms with E-state index in [1.165, 1.54) is 18.6 Å². The van der Waals surface area contributed by atoms with Gasteiger partial charge in [-0.15, -0.1) is 0 Å². The highest BCUT2D eigenvalue weighted by molar-refractivity contribution is 5.91. The van der Waals surface area contributed by atoms with E-state index in [1.807, 2.05) is 6.92 Å². The summed E-state index contributed by atoms with van der Waals surface area (Å²) in [4.78, 5) is 15.2. The number of phenolic OH excluding ortho intramolecular Hbond substituents is 1. The molecular formula is C12H13N5O3. The van der Waals surface area contributed by atoms with Crippen LogP contribution in [0.4, 0.5) is 0 Å². The average Bonchev–Trinajstić information content (AvgIpc) is 2.96. The summed E-state index contributed by atoms with van der Waals surface area (Å²) in [7, 11) is 0. The topological polar surface area (TPSA) is 112 Å². The number of hydrogen-bond acceptors (Lipinski definition) is 6. The molecule has 0 radical (unpaired) electrons. The van der Waals surface area contributed by atoms with Crippen molar-refractivity contribution in [3.63, 3.8) is 0 Å². The van der Waals surface area contributed by atoms with E-state index in [0.717, 1.165) is 0 Å². The Morgan fingerprint density at radius 1 is 1.60 bits per heavy atom. The van der Waals surface area contributed by atoms with E-state index in [9.17, 15) is 9.90 Å². The Morgan fingerprint density at radius 3 is 3.15 bits per heavy atom. The second kappa shape index (κ2) is 6.32. The number of carbonyl (C=O) groups is 1. The SMILES string of the molecule is CCOc1cc(/C=N\NC(=O)c2ncn[nH]2)ccc1O. The van der Waals surface area contributed by atoms with E-state index in [1.54, 1.807) is 12.1 Å². The maximum atomic E-state index is 11.5. The zero-order valence-corrected chi connectivity index (χ0v) is 10.7. The van der Waals surface area contributed by atoms with Gasteiger partial charge in [-0.3, -0.25) is 9.89 Å². The lowest BCUT2D eigenvalue weighted by Crippen LogP contribution is -2.19. The molecule has 0 saturated heterocycles. The Bertz CT molecular complexity index is 610. The number of hydrogen-bond donors (Lipinski definition) is 3. The number of rotatable bonds is 5. The standard InChI is InChI=1S/C12H13N5O3/c1-2-20-10-5-8(3-4-9(10)18)6-14-17-12(19)11-13-7-15-16-11/h3-7,18H,2H2,1H3,(H,17,19)(H,13,15,16)/b14-6-. The lowest BCUT2D eigenvalue weighted by Gasteiger charge is -2.05. The molecule has 0 atom stereocenters. The third-order valence-electron chi connectivity index (χ3n) is 2.29. The van der Waals surface area contributed by atoms with Gasteiger partial charge in [-0.2, -0.15) is 10.2 Å². The summed E-state index contributed by atoms with van der Waals surface area (Å²) in [6, 6.07) is 4.75. The molecule has 8 nitrogen and oxygen atoms in total. The molecule has 1 amide bonds. The first-order valence-corrected chi connectivity index (χ1v) is 5.85. The van der Waals surface area contributed by atoms with Crippen LogP contribution in [0.25, 0.3) is 0 Å². The Balaban J connectivity index is 2.01. The highest BCUT2D eigenvalue weighted by atomic mass is 16.5. The number of aromatic amines is 1. The molecule has 0 fully saturated rings. The number of H-pyrrole nitrogens is 1. The van der Waals surface area contributed by atoms with Crippen molar-refractivity contribution in [1.82, 2.24) is 20.6 Å². The molecule has 3 N–H and O–H groups in total. The van der Waals surface area contributed by atoms with Gasteiger partial charge in [-0.05, 0) is 30.7 Å². The summed E-state index contributed by atoms with van der Waals surface area (Å²) >= 11 is 0. The lowest BCUT2D eigenvalue weighted by atomic mass is 10.2. The fourth-order valence-corrected chi connectivity index (χ4v) is 1.42. The first-order chi connectivity index (χ1) is 9.70. The van der Waals surface area contributed by atoms with Crippen LogP contribution in [-0.2, 0) is 0 Å². The minimum Gasteiger partial charge on any atom is -0.504 e. The van der Waals surface area contributed by atoms with Gasteiger partial charge in [0, 0.05) is 0 Å². The number of nitrogens with zero attached hydrogens (tertiary/aromatic N) is 3. The Labute approximate surface area is 114 Å². The van der Waals surface area contributed by atoms with Crippen molar-refractivity contribution >= 4 is 12.1 Å². The van der Waals surface area contributed by atoms with Gasteiger partial charge in [0.15, 0.2) is 11.5 Å². The van der Waals surface area contributed by atoms with Gasteiger partial charge in [0.05, 0.1) is 12.8 Å². The van der Waals surface area contributed by atoms with E-state index in [2.05, 4.69) is 25.7 Å². The van der Waals surface area contributed by atoms with Gasteiger partial charge in [-0.1, -0.05) is 0 Å². The summed E-state index contributed by atoms with van der Waals surface area (Å²) in [5.41, 5.74) is 2.96. The third-order valence-corrected chi connectivity index (χ3v) is 2.29. The number of benzene rings is 1. The number of aromatic hydroxyl groups is 1. The fraction of sp³-hybridized carbons (Fsp3) is 0.167. The number of ether oxygens (including phenoxy) is 1. The Hall–Kier alpha value is -2.90. The number of amides is 1. The van der Waals surface area contributed by atoms with Gasteiger partial charge in [0.25, 0.3) is 0 Å². The Morgan fingerprint density at radius 2 is 2.45 bits per heavy atom. The normalized spacial score (nSPS) is 10.7. The molecule has 0 saturated carbocycles. The molecular weight excluding hydrogens is 262 g/mol. The molecule has 20 heavy (non-hydrogen) atoms. The molecule has 0 spiro atoms. The maximum Gasteiger partial charge on any atom is 0.308 e. The van der Waals surface area contributed by atoms with Crippen molar-refractivity contribution in [3.05, 3.63) is 35.9 Å². The van der Waals surface area contributed by atoms with E-state index < -0.39 is 5.91 Å². The smallest absolute Gasteiger partial charge is 0.308 e. The third kappa shape index (κ3) is 3.31. The minimum atomic E-state index is -0.498. The van der Waals surface area contributed by atoms with Crippen LogP contribution in [0, 0.1) is 0 Å². The number of aromatic nitrogens is 3. The first kappa shape index (κ1) is 13.5. The summed E-state index contributed by atoms with van der Waals surface area (Å²) < 4.78 is 5.24. The number of phenols is 1. The van der Waals surface area contributed by atoms with Crippen molar-refractivity contribution in [2.75, 3.05) is 6.61 Å². The van der Waals surface area contributed by atoms with E-state index in [4.69, 9.17) is 4.74 Å². The van der Waals surface area contributed by atoms with Crippen molar-refractivity contribution in [3.8, 4) is 11.5 Å². The second-order valence-corrected chi connectivity index (χ2v) is 3.69. The molecule has 1 aromatic heterocycles. The largest absolute Gasteiger partial charge is 0.504 e. The number of hydrazone groups is 1. The van der Waals surface area contributed by atoms with Gasteiger partial charge >= 0.3 is 5.91 Å². The predicted octanol–water partition coefficient (Wildman–Crippen LogP) is 0.673. The minimum absolute atomic E-state index is 0.0506. The second-order valence-electron chi connectivity index (χ2n) is 3.69. The van der Waals surface area contributed by atoms with Crippen molar-refractivity contribution < 1.29 is 14.6 Å². The van der Waals surface area contributed by atoms with Gasteiger partial charge in [-0.25, -0.2) is 10.4 Å². The summed E-state index contributed by atoms with van der Waals surface area (Å²) in [5, 5.41) is 19.3. The van der Waals surface area contributed by atoms with Gasteiger partial charge in [0.1, 0.15) is 6.33 Å². The van der Waals surface area contributed by atoms with E-state index in [0.29, 0.717) is 17.9 Å². The fourth-order valence-electron chi connectivity index (χ4n) is 1.42. The van der Waals surface area contributed by atoms with E-state index >= 15 is 0 Å². The van der Waals surface area contributed by atoms with Crippen molar-refractivity contribution in [2.45, 2.75) is 6.92 Å². The molecule has 0 aliphatic rings. The molecule has 8 heteroatoms. The first-order valence-electron chi connectivity index (χ1n) is 5.85. The highest BCUT2D eigenvalue weighted by Gasteiger charge is 2.06. The van der Waals surface area contributed by atoms with Crippen LogP contribution in [0.5, 0.6) is 11.5 Å². The zero-order chi connectivity index (χ0) is 14.4. The summed E-state index contributed by atoms with van der Waals surface area (Å²) in [5.74, 6) is -0.0156. The summed E-state index contributed by atoms with van der Waals surface area (Å²) in [6.45, 7) is 2.26. The average molecular weight is 275 g/mol. The molecule has 0 aliphatic carbocycles. The zero-order valence-electron chi connectivity index (χ0n) is 10.7. The molecule has 0 unspecified atom stereocenters. The molecule has 0 bridgehead atoms. The monoisotopic (exact) mass is 275 g/mol. The number of nitrogens with one attached hydrogen (secondary N) is 2.